The summed E-state index contributed by atoms with van der Waals surface area (Å²) in [4.78, 5) is 16.3. The Morgan fingerprint density at radius 1 is 0.868 bits per heavy atom. The summed E-state index contributed by atoms with van der Waals surface area (Å²) in [6.07, 6.45) is 1.53. The number of imidazole rings is 1. The van der Waals surface area contributed by atoms with Gasteiger partial charge in [0, 0.05) is 48.3 Å². The fourth-order valence-corrected chi connectivity index (χ4v) is 4.57. The number of nitrogens with zero attached hydrogens (tertiary/aromatic N) is 5. The van der Waals surface area contributed by atoms with Crippen molar-refractivity contribution in [3.8, 4) is 17.2 Å². The highest BCUT2D eigenvalue weighted by atomic mass is 16.5. The zero-order chi connectivity index (χ0) is 26.6. The van der Waals surface area contributed by atoms with Crippen LogP contribution in [0.4, 0.5) is 28.8 Å². The van der Waals surface area contributed by atoms with Crippen molar-refractivity contribution in [3.05, 3.63) is 42.7 Å². The summed E-state index contributed by atoms with van der Waals surface area (Å²) in [6.45, 7) is 7.51. The molecule has 0 spiro atoms. The minimum atomic E-state index is 0.110. The van der Waals surface area contributed by atoms with Crippen molar-refractivity contribution in [3.63, 3.8) is 0 Å². The van der Waals surface area contributed by atoms with Crippen LogP contribution < -0.4 is 29.7 Å². The predicted molar refractivity (Wildman–Crippen MR) is 148 cm³/mol. The van der Waals surface area contributed by atoms with Crippen LogP contribution in [0.1, 0.15) is 19.9 Å². The molecule has 1 aliphatic heterocycles. The van der Waals surface area contributed by atoms with Gasteiger partial charge in [-0.2, -0.15) is 0 Å². The van der Waals surface area contributed by atoms with Crippen molar-refractivity contribution in [2.24, 2.45) is 0 Å². The average Bonchev–Trinajstić information content (AvgIpc) is 3.32. The van der Waals surface area contributed by atoms with Gasteiger partial charge in [-0.15, -0.1) is 0 Å². The van der Waals surface area contributed by atoms with Gasteiger partial charge in [-0.1, -0.05) is 0 Å². The molecule has 11 nitrogen and oxygen atoms in total. The van der Waals surface area contributed by atoms with Crippen LogP contribution in [0, 0.1) is 0 Å². The highest BCUT2D eigenvalue weighted by molar-refractivity contribution is 5.88. The maximum atomic E-state index is 5.50. The first-order valence-corrected chi connectivity index (χ1v) is 12.5. The summed E-state index contributed by atoms with van der Waals surface area (Å²) in [5.41, 5.74) is 4.19. The van der Waals surface area contributed by atoms with Gasteiger partial charge in [0.05, 0.1) is 34.5 Å². The first kappa shape index (κ1) is 25.4. The van der Waals surface area contributed by atoms with Crippen LogP contribution in [0.25, 0.3) is 11.2 Å². The van der Waals surface area contributed by atoms with Gasteiger partial charge in [-0.3, -0.25) is 4.57 Å². The molecule has 1 fully saturated rings. The number of morpholine rings is 1. The standard InChI is InChI=1S/C27H33N7O4/c1-17(2)34-26-23(32-27(34)31-18-6-8-20(9-7-18)33-10-12-38-13-11-33)25(28-16-29-26)30-19-14-21(35-3)24(37-5)22(15-19)36-4/h6-9,14-17H,10-13H2,1-5H3,(H,31,32)(H,28,29,30). The Hall–Kier alpha value is -4.25. The van der Waals surface area contributed by atoms with E-state index in [9.17, 15) is 0 Å². The predicted octanol–water partition coefficient (Wildman–Crippen LogP) is 4.76. The number of nitrogens with one attached hydrogen (secondary N) is 2. The topological polar surface area (TPSA) is 108 Å². The molecule has 2 aromatic carbocycles. The summed E-state index contributed by atoms with van der Waals surface area (Å²) in [7, 11) is 4.74. The number of hydrogen-bond acceptors (Lipinski definition) is 10. The molecule has 0 radical (unpaired) electrons. The largest absolute Gasteiger partial charge is 0.493 e. The molecule has 2 N–H and O–H groups in total. The molecule has 200 valence electrons. The van der Waals surface area contributed by atoms with E-state index in [2.05, 4.69) is 68.2 Å². The van der Waals surface area contributed by atoms with Crippen LogP contribution in [-0.2, 0) is 4.74 Å². The number of ether oxygens (including phenoxy) is 4. The number of hydrogen-bond donors (Lipinski definition) is 2. The number of methoxy groups -OCH3 is 3. The summed E-state index contributed by atoms with van der Waals surface area (Å²) < 4.78 is 24.0. The molecule has 1 saturated heterocycles. The van der Waals surface area contributed by atoms with Crippen molar-refractivity contribution in [2.75, 3.05) is 63.2 Å². The van der Waals surface area contributed by atoms with Crippen LogP contribution in [0.3, 0.4) is 0 Å². The van der Waals surface area contributed by atoms with E-state index >= 15 is 0 Å². The molecule has 0 bridgehead atoms. The van der Waals surface area contributed by atoms with Gasteiger partial charge in [0.2, 0.25) is 11.7 Å². The summed E-state index contributed by atoms with van der Waals surface area (Å²) in [5, 5.41) is 6.82. The monoisotopic (exact) mass is 519 g/mol. The molecule has 2 aromatic heterocycles. The van der Waals surface area contributed by atoms with Crippen LogP contribution >= 0.6 is 0 Å². The molecular formula is C27H33N7O4. The Balaban J connectivity index is 1.47. The van der Waals surface area contributed by atoms with Crippen LogP contribution in [0.5, 0.6) is 17.2 Å². The first-order chi connectivity index (χ1) is 18.5. The molecule has 11 heteroatoms. The molecule has 0 saturated carbocycles. The number of benzene rings is 2. The van der Waals surface area contributed by atoms with Crippen LogP contribution in [0.15, 0.2) is 42.7 Å². The van der Waals surface area contributed by atoms with Crippen LogP contribution in [0.2, 0.25) is 0 Å². The van der Waals surface area contributed by atoms with Crippen molar-refractivity contribution >= 4 is 40.0 Å². The third kappa shape index (κ3) is 4.97. The summed E-state index contributed by atoms with van der Waals surface area (Å²) in [6, 6.07) is 12.1. The molecule has 0 unspecified atom stereocenters. The Kier molecular flexibility index (Phi) is 7.36. The number of aromatic nitrogens is 4. The Morgan fingerprint density at radius 2 is 1.55 bits per heavy atom. The maximum Gasteiger partial charge on any atom is 0.210 e. The SMILES string of the molecule is COc1cc(Nc2ncnc3c2nc(Nc2ccc(N4CCOCC4)cc2)n3C(C)C)cc(OC)c1OC. The van der Waals surface area contributed by atoms with Crippen LogP contribution in [-0.4, -0.2) is 67.2 Å². The lowest BCUT2D eigenvalue weighted by Crippen LogP contribution is -2.36. The second-order valence-electron chi connectivity index (χ2n) is 9.10. The van der Waals surface area contributed by atoms with E-state index in [0.717, 1.165) is 37.6 Å². The molecule has 4 aromatic rings. The average molecular weight is 520 g/mol. The van der Waals surface area contributed by atoms with Crippen molar-refractivity contribution in [2.45, 2.75) is 19.9 Å². The Bertz CT molecular complexity index is 1370. The highest BCUT2D eigenvalue weighted by Crippen LogP contribution is 2.41. The lowest BCUT2D eigenvalue weighted by Gasteiger charge is -2.28. The van der Waals surface area contributed by atoms with E-state index < -0.39 is 0 Å². The molecular weight excluding hydrogens is 486 g/mol. The molecule has 0 amide bonds. The Labute approximate surface area is 221 Å². The zero-order valence-corrected chi connectivity index (χ0v) is 22.3. The smallest absolute Gasteiger partial charge is 0.210 e. The molecule has 5 rings (SSSR count). The maximum absolute atomic E-state index is 5.50. The van der Waals surface area contributed by atoms with Crippen molar-refractivity contribution < 1.29 is 18.9 Å². The lowest BCUT2D eigenvalue weighted by atomic mass is 10.2. The van der Waals surface area contributed by atoms with E-state index in [1.54, 1.807) is 21.3 Å². The number of rotatable bonds is 9. The van der Waals surface area contributed by atoms with Gasteiger partial charge in [-0.25, -0.2) is 15.0 Å². The van der Waals surface area contributed by atoms with E-state index in [-0.39, 0.29) is 6.04 Å². The fraction of sp³-hybridized carbons (Fsp3) is 0.370. The van der Waals surface area contributed by atoms with Gasteiger partial charge in [0.1, 0.15) is 6.33 Å². The minimum absolute atomic E-state index is 0.110. The number of fused-ring (bicyclic) bond motifs is 1. The fourth-order valence-electron chi connectivity index (χ4n) is 4.57. The minimum Gasteiger partial charge on any atom is -0.493 e. The van der Waals surface area contributed by atoms with Gasteiger partial charge in [0.15, 0.2) is 28.5 Å². The summed E-state index contributed by atoms with van der Waals surface area (Å²) in [5.74, 6) is 2.84. The van der Waals surface area contributed by atoms with Crippen molar-refractivity contribution in [1.29, 1.82) is 0 Å². The van der Waals surface area contributed by atoms with Gasteiger partial charge in [-0.05, 0) is 38.1 Å². The first-order valence-electron chi connectivity index (χ1n) is 12.5. The molecule has 38 heavy (non-hydrogen) atoms. The third-order valence-corrected chi connectivity index (χ3v) is 6.42. The zero-order valence-electron chi connectivity index (χ0n) is 22.3. The normalized spacial score (nSPS) is 13.6. The molecule has 1 aliphatic rings. The van der Waals surface area contributed by atoms with E-state index in [4.69, 9.17) is 23.9 Å². The second kappa shape index (κ2) is 11.0. The number of anilines is 5. The van der Waals surface area contributed by atoms with Gasteiger partial charge >= 0.3 is 0 Å². The quantitative estimate of drug-likeness (QED) is 0.321. The summed E-state index contributed by atoms with van der Waals surface area (Å²) >= 11 is 0. The van der Waals surface area contributed by atoms with Gasteiger partial charge < -0.3 is 34.5 Å². The van der Waals surface area contributed by atoms with E-state index in [0.29, 0.717) is 40.2 Å². The Morgan fingerprint density at radius 3 is 2.16 bits per heavy atom. The van der Waals surface area contributed by atoms with E-state index in [1.807, 2.05) is 12.1 Å². The highest BCUT2D eigenvalue weighted by Gasteiger charge is 2.20. The second-order valence-corrected chi connectivity index (χ2v) is 9.10. The molecule has 0 atom stereocenters. The van der Waals surface area contributed by atoms with Gasteiger partial charge in [0.25, 0.3) is 0 Å². The third-order valence-electron chi connectivity index (χ3n) is 6.42. The lowest BCUT2D eigenvalue weighted by molar-refractivity contribution is 0.122. The molecule has 3 heterocycles. The van der Waals surface area contributed by atoms with Crippen molar-refractivity contribution in [1.82, 2.24) is 19.5 Å². The molecule has 0 aliphatic carbocycles. The van der Waals surface area contributed by atoms with E-state index in [1.165, 1.54) is 12.0 Å².